The van der Waals surface area contributed by atoms with Gasteiger partial charge in [0.1, 0.15) is 0 Å². The van der Waals surface area contributed by atoms with Gasteiger partial charge in [-0.15, -0.1) is 0 Å². The van der Waals surface area contributed by atoms with Gasteiger partial charge >= 0.3 is 0 Å². The van der Waals surface area contributed by atoms with E-state index in [0.29, 0.717) is 12.5 Å². The van der Waals surface area contributed by atoms with Gasteiger partial charge in [0.25, 0.3) is 0 Å². The van der Waals surface area contributed by atoms with Crippen molar-refractivity contribution in [3.05, 3.63) is 35.9 Å². The fourth-order valence-electron chi connectivity index (χ4n) is 0.534. The molecule has 0 saturated carbocycles. The molecule has 1 nitrogen and oxygen atoms in total. The van der Waals surface area contributed by atoms with Gasteiger partial charge in [-0.3, -0.25) is 0 Å². The van der Waals surface area contributed by atoms with Gasteiger partial charge in [-0.1, -0.05) is 84.5 Å². The van der Waals surface area contributed by atoms with E-state index < -0.39 is 4.30 Å². The molecular weight excluding hydrogens is 266 g/mol. The molecule has 0 radical (unpaired) electrons. The third-order valence-corrected chi connectivity index (χ3v) is 1.31. The zero-order valence-electron chi connectivity index (χ0n) is 9.83. The van der Waals surface area contributed by atoms with Crippen molar-refractivity contribution < 1.29 is 5.11 Å². The topological polar surface area (TPSA) is 20.2 Å². The van der Waals surface area contributed by atoms with E-state index in [1.165, 1.54) is 5.56 Å². The molecule has 0 fully saturated rings. The van der Waals surface area contributed by atoms with Crippen molar-refractivity contribution in [2.75, 3.05) is 6.61 Å². The number of alkyl halides is 3. The van der Waals surface area contributed by atoms with Crippen LogP contribution in [0.4, 0.5) is 0 Å². The van der Waals surface area contributed by atoms with Crippen LogP contribution in [-0.2, 0) is 0 Å². The second-order valence-electron chi connectivity index (χ2n) is 3.48. The van der Waals surface area contributed by atoms with Gasteiger partial charge in [0, 0.05) is 6.61 Å². The monoisotopic (exact) mass is 284 g/mol. The van der Waals surface area contributed by atoms with Crippen LogP contribution in [0.15, 0.2) is 30.3 Å². The molecule has 0 unspecified atom stereocenters. The third kappa shape index (κ3) is 23.7. The molecule has 1 aromatic rings. The Morgan fingerprint density at radius 3 is 1.50 bits per heavy atom. The molecule has 0 saturated heterocycles. The van der Waals surface area contributed by atoms with E-state index in [9.17, 15) is 0 Å². The summed E-state index contributed by atoms with van der Waals surface area (Å²) in [7, 11) is 0. The number of aliphatic hydroxyl groups is 1. The van der Waals surface area contributed by atoms with Crippen LogP contribution in [0.25, 0.3) is 0 Å². The van der Waals surface area contributed by atoms with Crippen LogP contribution >= 0.6 is 34.8 Å². The molecule has 0 aliphatic carbocycles. The second kappa shape index (κ2) is 13.1. The number of aryl methyl sites for hydroxylation is 1. The lowest BCUT2D eigenvalue weighted by molar-refractivity contribution is 0.248. The smallest absolute Gasteiger partial charge is 0.180 e. The molecule has 4 heteroatoms. The molecule has 0 atom stereocenters. The Bertz CT molecular complexity index is 222. The minimum atomic E-state index is -0.750. The summed E-state index contributed by atoms with van der Waals surface area (Å²) in [6, 6.07) is 10.3. The van der Waals surface area contributed by atoms with Crippen LogP contribution in [-0.4, -0.2) is 16.0 Å². The summed E-state index contributed by atoms with van der Waals surface area (Å²) in [6.45, 7) is 6.33. The molecule has 94 valence electrons. The second-order valence-corrected chi connectivity index (χ2v) is 5.46. The summed E-state index contributed by atoms with van der Waals surface area (Å²) >= 11 is 14.4. The Hall–Kier alpha value is 0.0500. The molecule has 0 heterocycles. The van der Waals surface area contributed by atoms with Gasteiger partial charge in [-0.2, -0.15) is 0 Å². The fourth-order valence-corrected chi connectivity index (χ4v) is 0.534. The van der Waals surface area contributed by atoms with Gasteiger partial charge in [0.05, 0.1) is 0 Å². The zero-order chi connectivity index (χ0) is 13.0. The Balaban J connectivity index is 0. The van der Waals surface area contributed by atoms with Gasteiger partial charge in [0.2, 0.25) is 0 Å². The van der Waals surface area contributed by atoms with Crippen molar-refractivity contribution in [1.29, 1.82) is 0 Å². The van der Waals surface area contributed by atoms with E-state index >= 15 is 0 Å². The van der Waals surface area contributed by atoms with E-state index in [1.807, 2.05) is 32.0 Å². The molecule has 1 rings (SSSR count). The van der Waals surface area contributed by atoms with E-state index in [0.717, 1.165) is 0 Å². The van der Waals surface area contributed by atoms with Crippen molar-refractivity contribution in [3.63, 3.8) is 0 Å². The number of benzene rings is 1. The summed E-state index contributed by atoms with van der Waals surface area (Å²) in [5.74, 6) is 0.440. The van der Waals surface area contributed by atoms with Crippen molar-refractivity contribution >= 4 is 34.8 Å². The maximum Gasteiger partial charge on any atom is 0.180 e. The van der Waals surface area contributed by atoms with E-state index in [2.05, 4.69) is 19.1 Å². The van der Waals surface area contributed by atoms with E-state index in [1.54, 1.807) is 0 Å². The Morgan fingerprint density at radius 1 is 1.06 bits per heavy atom. The zero-order valence-corrected chi connectivity index (χ0v) is 12.1. The highest BCUT2D eigenvalue weighted by molar-refractivity contribution is 6.63. The van der Waals surface area contributed by atoms with Gasteiger partial charge in [0.15, 0.2) is 4.30 Å². The normalized spacial score (nSPS) is 9.06. The number of rotatable bonds is 1. The first-order chi connectivity index (χ1) is 7.40. The van der Waals surface area contributed by atoms with Crippen LogP contribution in [0, 0.1) is 12.8 Å². The lowest BCUT2D eigenvalue weighted by atomic mass is 10.2. The first-order valence-electron chi connectivity index (χ1n) is 4.94. The number of halogens is 3. The SMILES string of the molecule is CC(C)CO.Cc1ccccc1.ClC(Cl)Cl. The number of aliphatic hydroxyl groups excluding tert-OH is 1. The minimum absolute atomic E-state index is 0.306. The number of hydrogen-bond donors (Lipinski definition) is 1. The molecular formula is C12H19Cl3O. The molecule has 0 bridgehead atoms. The van der Waals surface area contributed by atoms with Crippen LogP contribution in [0.2, 0.25) is 0 Å². The molecule has 0 aromatic heterocycles. The highest BCUT2D eigenvalue weighted by Crippen LogP contribution is 2.03. The molecule has 1 N–H and O–H groups in total. The summed E-state index contributed by atoms with van der Waals surface area (Å²) in [5, 5.41) is 8.14. The van der Waals surface area contributed by atoms with Crippen molar-refractivity contribution in [3.8, 4) is 0 Å². The molecule has 0 amide bonds. The van der Waals surface area contributed by atoms with Gasteiger partial charge < -0.3 is 5.11 Å². The Morgan fingerprint density at radius 2 is 1.38 bits per heavy atom. The fraction of sp³-hybridized carbons (Fsp3) is 0.500. The van der Waals surface area contributed by atoms with Crippen LogP contribution < -0.4 is 0 Å². The Labute approximate surface area is 113 Å². The molecule has 0 aliphatic rings. The predicted molar refractivity (Wildman–Crippen MR) is 74.4 cm³/mol. The highest BCUT2D eigenvalue weighted by Gasteiger charge is 1.81. The van der Waals surface area contributed by atoms with Crippen molar-refractivity contribution in [2.24, 2.45) is 5.92 Å². The summed E-state index contributed by atoms with van der Waals surface area (Å²) < 4.78 is -0.750. The van der Waals surface area contributed by atoms with Crippen LogP contribution in [0.1, 0.15) is 19.4 Å². The van der Waals surface area contributed by atoms with Crippen LogP contribution in [0.3, 0.4) is 0 Å². The quantitative estimate of drug-likeness (QED) is 0.747. The largest absolute Gasteiger partial charge is 0.396 e. The van der Waals surface area contributed by atoms with E-state index in [4.69, 9.17) is 39.9 Å². The summed E-state index contributed by atoms with van der Waals surface area (Å²) in [6.07, 6.45) is 0. The lowest BCUT2D eigenvalue weighted by Crippen LogP contribution is -1.90. The van der Waals surface area contributed by atoms with Gasteiger partial charge in [-0.05, 0) is 12.8 Å². The molecule has 0 aliphatic heterocycles. The van der Waals surface area contributed by atoms with E-state index in [-0.39, 0.29) is 0 Å². The van der Waals surface area contributed by atoms with Crippen LogP contribution in [0.5, 0.6) is 0 Å². The molecule has 0 spiro atoms. The standard InChI is InChI=1S/C7H8.C4H10O.CHCl3/c1-7-5-3-2-4-6-7;1-4(2)3-5;2-1(3)4/h2-6H,1H3;4-5H,3H2,1-2H3;1H. The maximum absolute atomic E-state index is 8.14. The third-order valence-electron chi connectivity index (χ3n) is 1.31. The van der Waals surface area contributed by atoms with Crippen molar-refractivity contribution in [1.82, 2.24) is 0 Å². The first-order valence-corrected chi connectivity index (χ1v) is 6.25. The number of hydrogen-bond acceptors (Lipinski definition) is 1. The Kier molecular flexibility index (Phi) is 15.1. The summed E-state index contributed by atoms with van der Waals surface area (Å²) in [4.78, 5) is 0. The molecule has 1 aromatic carbocycles. The summed E-state index contributed by atoms with van der Waals surface area (Å²) in [5.41, 5.74) is 1.32. The van der Waals surface area contributed by atoms with Crippen molar-refractivity contribution in [2.45, 2.75) is 25.1 Å². The first kappa shape index (κ1) is 18.4. The average Bonchev–Trinajstić information content (AvgIpc) is 2.19. The lowest BCUT2D eigenvalue weighted by Gasteiger charge is -1.90. The minimum Gasteiger partial charge on any atom is -0.396 e. The molecule has 16 heavy (non-hydrogen) atoms. The predicted octanol–water partition coefficient (Wildman–Crippen LogP) is 4.62. The highest BCUT2D eigenvalue weighted by atomic mass is 35.6. The van der Waals surface area contributed by atoms with Gasteiger partial charge in [-0.25, -0.2) is 0 Å². The maximum atomic E-state index is 8.14. The average molecular weight is 286 g/mol.